The molecule has 0 N–H and O–H groups in total. The summed E-state index contributed by atoms with van der Waals surface area (Å²) in [7, 11) is 0. The van der Waals surface area contributed by atoms with E-state index < -0.39 is 0 Å². The quantitative estimate of drug-likeness (QED) is 0.169. The van der Waals surface area contributed by atoms with Crippen molar-refractivity contribution in [3.05, 3.63) is 185 Å². The average Bonchev–Trinajstić information content (AvgIpc) is 3.59. The molecule has 0 unspecified atom stereocenters. The number of hydrogen-bond acceptors (Lipinski definition) is 1. The monoisotopic (exact) mass is 753 g/mol. The Morgan fingerprint density at radius 2 is 0.931 bits per heavy atom. The molecule has 58 heavy (non-hydrogen) atoms. The fraction of sp³-hybridized carbons (Fsp3) is 0.263. The number of hydrogen-bond donors (Lipinski definition) is 0. The van der Waals surface area contributed by atoms with Gasteiger partial charge in [0.2, 0.25) is 0 Å². The van der Waals surface area contributed by atoms with Gasteiger partial charge in [0.05, 0.1) is 5.69 Å². The molecule has 0 atom stereocenters. The lowest BCUT2D eigenvalue weighted by Gasteiger charge is -2.44. The average molecular weight is 754 g/mol. The summed E-state index contributed by atoms with van der Waals surface area (Å²) in [4.78, 5) is 2.59. The summed E-state index contributed by atoms with van der Waals surface area (Å²) in [6.45, 7) is 21.8. The van der Waals surface area contributed by atoms with Crippen molar-refractivity contribution in [2.45, 2.75) is 96.8 Å². The van der Waals surface area contributed by atoms with Gasteiger partial charge in [-0.05, 0) is 145 Å². The van der Waals surface area contributed by atoms with E-state index >= 15 is 0 Å². The van der Waals surface area contributed by atoms with Crippen molar-refractivity contribution in [2.75, 3.05) is 4.90 Å². The van der Waals surface area contributed by atoms with Gasteiger partial charge in [-0.25, -0.2) is 0 Å². The Labute approximate surface area is 346 Å². The normalized spacial score (nSPS) is 17.1. The molecule has 0 aromatic heterocycles. The highest BCUT2D eigenvalue weighted by molar-refractivity contribution is 5.97. The van der Waals surface area contributed by atoms with Crippen LogP contribution in [0.3, 0.4) is 0 Å². The van der Waals surface area contributed by atoms with Gasteiger partial charge >= 0.3 is 0 Å². The third-order valence-electron chi connectivity index (χ3n) is 14.5. The first-order valence-corrected chi connectivity index (χ1v) is 21.3. The molecule has 7 aromatic carbocycles. The van der Waals surface area contributed by atoms with Crippen LogP contribution in [0.4, 0.5) is 17.1 Å². The molecule has 0 bridgehead atoms. The maximum atomic E-state index is 2.59. The third kappa shape index (κ3) is 5.35. The number of nitrogens with zero attached hydrogens (tertiary/aromatic N) is 1. The predicted molar refractivity (Wildman–Crippen MR) is 247 cm³/mol. The molecule has 3 aliphatic carbocycles. The van der Waals surface area contributed by atoms with Gasteiger partial charge in [-0.15, -0.1) is 0 Å². The minimum Gasteiger partial charge on any atom is -0.310 e. The Kier molecular flexibility index (Phi) is 8.01. The number of anilines is 3. The topological polar surface area (TPSA) is 3.24 Å². The van der Waals surface area contributed by atoms with E-state index in [1.165, 1.54) is 101 Å². The van der Waals surface area contributed by atoms with Crippen LogP contribution in [0.1, 0.15) is 107 Å². The van der Waals surface area contributed by atoms with Crippen LogP contribution >= 0.6 is 0 Å². The van der Waals surface area contributed by atoms with Crippen molar-refractivity contribution in [3.63, 3.8) is 0 Å². The van der Waals surface area contributed by atoms with Crippen molar-refractivity contribution in [1.29, 1.82) is 0 Å². The van der Waals surface area contributed by atoms with E-state index in [0.717, 1.165) is 12.1 Å². The van der Waals surface area contributed by atoms with E-state index in [9.17, 15) is 0 Å². The van der Waals surface area contributed by atoms with Crippen molar-refractivity contribution in [2.24, 2.45) is 0 Å². The molecule has 7 aromatic rings. The first-order valence-electron chi connectivity index (χ1n) is 21.3. The Morgan fingerprint density at radius 3 is 1.60 bits per heavy atom. The summed E-state index contributed by atoms with van der Waals surface area (Å²) in [6, 6.07) is 55.4. The molecule has 1 heteroatoms. The maximum absolute atomic E-state index is 2.59. The molecule has 0 amide bonds. The van der Waals surface area contributed by atoms with Gasteiger partial charge in [-0.3, -0.25) is 0 Å². The highest BCUT2D eigenvalue weighted by Gasteiger charge is 2.42. The largest absolute Gasteiger partial charge is 0.310 e. The van der Waals surface area contributed by atoms with Crippen molar-refractivity contribution in [1.82, 2.24) is 0 Å². The second-order valence-corrected chi connectivity index (χ2v) is 19.7. The summed E-state index contributed by atoms with van der Waals surface area (Å²) < 4.78 is 0. The smallest absolute Gasteiger partial charge is 0.0543 e. The molecule has 0 saturated heterocycles. The molecule has 0 radical (unpaired) electrons. The van der Waals surface area contributed by atoms with Gasteiger partial charge in [0, 0.05) is 27.8 Å². The van der Waals surface area contributed by atoms with Crippen LogP contribution in [-0.2, 0) is 21.7 Å². The highest BCUT2D eigenvalue weighted by atomic mass is 15.1. The van der Waals surface area contributed by atoms with Crippen LogP contribution in [0, 0.1) is 6.92 Å². The Bertz CT molecular complexity index is 2780. The standard InChI is InChI=1S/C57H55N/c1-36-23-30-48-53(55(4,5)32-31-54(48,2)3)52(36)45-34-44-42-20-14-16-22-47(42)57(8,9)50(44)35-51(45)58(39-26-24-38(25-27-39)37-17-11-10-12-18-37)40-28-29-43-41-19-13-15-21-46(41)56(6,7)49(43)33-40/h10-30,33-35H,31-32H2,1-9H3. The molecule has 3 aliphatic rings. The van der Waals surface area contributed by atoms with Gasteiger partial charge in [0.25, 0.3) is 0 Å². The minimum absolute atomic E-state index is 0.0190. The van der Waals surface area contributed by atoms with Crippen molar-refractivity contribution in [3.8, 4) is 44.5 Å². The van der Waals surface area contributed by atoms with E-state index in [4.69, 9.17) is 0 Å². The lowest BCUT2D eigenvalue weighted by molar-refractivity contribution is 0.332. The number of benzene rings is 7. The molecular weight excluding hydrogens is 699 g/mol. The fourth-order valence-electron chi connectivity index (χ4n) is 11.0. The van der Waals surface area contributed by atoms with E-state index in [1.54, 1.807) is 0 Å². The van der Waals surface area contributed by atoms with Gasteiger partial charge < -0.3 is 4.90 Å². The Balaban J connectivity index is 1.30. The first-order chi connectivity index (χ1) is 27.7. The van der Waals surface area contributed by atoms with Crippen LogP contribution in [0.25, 0.3) is 44.5 Å². The van der Waals surface area contributed by atoms with Gasteiger partial charge in [0.15, 0.2) is 0 Å². The van der Waals surface area contributed by atoms with E-state index in [1.807, 2.05) is 0 Å². The number of rotatable bonds is 5. The molecule has 10 rings (SSSR count). The fourth-order valence-corrected chi connectivity index (χ4v) is 11.0. The second-order valence-electron chi connectivity index (χ2n) is 19.7. The van der Waals surface area contributed by atoms with Gasteiger partial charge in [0.1, 0.15) is 0 Å². The van der Waals surface area contributed by atoms with Gasteiger partial charge in [-0.2, -0.15) is 0 Å². The summed E-state index contributed by atoms with van der Waals surface area (Å²) >= 11 is 0. The van der Waals surface area contributed by atoms with Crippen molar-refractivity contribution >= 4 is 17.1 Å². The maximum Gasteiger partial charge on any atom is 0.0543 e. The molecular formula is C57H55N. The molecule has 0 spiro atoms. The Hall–Kier alpha value is -5.66. The van der Waals surface area contributed by atoms with Crippen LogP contribution in [-0.4, -0.2) is 0 Å². The molecule has 0 heterocycles. The zero-order valence-electron chi connectivity index (χ0n) is 35.7. The van der Waals surface area contributed by atoms with E-state index in [-0.39, 0.29) is 21.7 Å². The molecule has 1 nitrogen and oxygen atoms in total. The zero-order valence-corrected chi connectivity index (χ0v) is 35.7. The van der Waals surface area contributed by atoms with E-state index in [2.05, 4.69) is 213 Å². The molecule has 0 saturated carbocycles. The molecule has 288 valence electrons. The van der Waals surface area contributed by atoms with Crippen LogP contribution in [0.2, 0.25) is 0 Å². The molecule has 0 aliphatic heterocycles. The summed E-state index contributed by atoms with van der Waals surface area (Å²) in [5.74, 6) is 0. The summed E-state index contributed by atoms with van der Waals surface area (Å²) in [5.41, 5.74) is 23.9. The van der Waals surface area contributed by atoms with Crippen LogP contribution in [0.15, 0.2) is 146 Å². The Morgan fingerprint density at radius 1 is 0.397 bits per heavy atom. The lowest BCUT2D eigenvalue weighted by atomic mass is 9.61. The van der Waals surface area contributed by atoms with Crippen molar-refractivity contribution < 1.29 is 0 Å². The SMILES string of the molecule is Cc1ccc2c(c1-c1cc3c(cc1N(c1ccc(-c4ccccc4)cc1)c1ccc4c(c1)C(C)(C)c1ccccc1-4)C(C)(C)c1ccccc1-3)C(C)(C)CCC2(C)C. The second kappa shape index (κ2) is 12.7. The lowest BCUT2D eigenvalue weighted by Crippen LogP contribution is -2.34. The highest BCUT2D eigenvalue weighted by Crippen LogP contribution is 2.58. The minimum atomic E-state index is -0.157. The van der Waals surface area contributed by atoms with Gasteiger partial charge in [-0.1, -0.05) is 165 Å². The zero-order chi connectivity index (χ0) is 40.4. The number of fused-ring (bicyclic) bond motifs is 7. The predicted octanol–water partition coefficient (Wildman–Crippen LogP) is 15.8. The molecule has 0 fully saturated rings. The van der Waals surface area contributed by atoms with E-state index in [0.29, 0.717) is 0 Å². The van der Waals surface area contributed by atoms with Crippen LogP contribution in [0.5, 0.6) is 0 Å². The first kappa shape index (κ1) is 36.7. The van der Waals surface area contributed by atoms with Crippen LogP contribution < -0.4 is 4.90 Å². The third-order valence-corrected chi connectivity index (χ3v) is 14.5. The summed E-state index contributed by atoms with van der Waals surface area (Å²) in [6.07, 6.45) is 2.34. The number of aryl methyl sites for hydroxylation is 1. The summed E-state index contributed by atoms with van der Waals surface area (Å²) in [5, 5.41) is 0.